The Morgan fingerprint density at radius 3 is 2.81 bits per heavy atom. The maximum atomic E-state index is 12.9. The Morgan fingerprint density at radius 2 is 2.04 bits per heavy atom. The standard InChI is InChI=1S/C21H20N4OS/c1-15-22-10-12-25(15)11-9-18(16-5-3-2-4-6-16)24-21(26)17-7-8-20-19(13-17)23-14-27-20/h2-8,10,12-14,18H,9,11H2,1H3,(H,24,26)/t18-/m0/s1. The largest absolute Gasteiger partial charge is 0.345 e. The van der Waals surface area contributed by atoms with Crippen LogP contribution in [-0.4, -0.2) is 20.4 Å². The van der Waals surface area contributed by atoms with Crippen molar-refractivity contribution in [3.63, 3.8) is 0 Å². The Balaban J connectivity index is 1.54. The molecule has 2 aromatic heterocycles. The summed E-state index contributed by atoms with van der Waals surface area (Å²) in [6, 6.07) is 15.7. The third kappa shape index (κ3) is 3.90. The van der Waals surface area contributed by atoms with E-state index in [0.717, 1.165) is 34.6 Å². The lowest BCUT2D eigenvalue weighted by atomic mass is 10.0. The molecule has 136 valence electrons. The van der Waals surface area contributed by atoms with Crippen LogP contribution in [0.3, 0.4) is 0 Å². The quantitative estimate of drug-likeness (QED) is 0.544. The number of aryl methyl sites for hydroxylation is 2. The molecule has 0 fully saturated rings. The van der Waals surface area contributed by atoms with Crippen molar-refractivity contribution in [3.05, 3.63) is 83.4 Å². The average molecular weight is 376 g/mol. The fourth-order valence-corrected chi connectivity index (χ4v) is 3.82. The van der Waals surface area contributed by atoms with Gasteiger partial charge in [-0.3, -0.25) is 4.79 Å². The van der Waals surface area contributed by atoms with Crippen molar-refractivity contribution < 1.29 is 4.79 Å². The summed E-state index contributed by atoms with van der Waals surface area (Å²) in [5.41, 5.74) is 4.39. The van der Waals surface area contributed by atoms with Gasteiger partial charge in [0.1, 0.15) is 5.82 Å². The van der Waals surface area contributed by atoms with E-state index in [9.17, 15) is 4.79 Å². The van der Waals surface area contributed by atoms with E-state index in [-0.39, 0.29) is 11.9 Å². The topological polar surface area (TPSA) is 59.8 Å². The number of hydrogen-bond acceptors (Lipinski definition) is 4. The molecule has 1 N–H and O–H groups in total. The van der Waals surface area contributed by atoms with Gasteiger partial charge in [0.15, 0.2) is 0 Å². The molecule has 27 heavy (non-hydrogen) atoms. The highest BCUT2D eigenvalue weighted by Gasteiger charge is 2.17. The second kappa shape index (κ2) is 7.72. The number of rotatable bonds is 6. The summed E-state index contributed by atoms with van der Waals surface area (Å²) in [5, 5.41) is 3.19. The number of nitrogens with zero attached hydrogens (tertiary/aromatic N) is 3. The fraction of sp³-hybridized carbons (Fsp3) is 0.190. The molecule has 0 aliphatic heterocycles. The van der Waals surface area contributed by atoms with Gasteiger partial charge in [-0.1, -0.05) is 30.3 Å². The third-order valence-electron chi connectivity index (χ3n) is 4.68. The summed E-state index contributed by atoms with van der Waals surface area (Å²) in [7, 11) is 0. The smallest absolute Gasteiger partial charge is 0.251 e. The summed E-state index contributed by atoms with van der Waals surface area (Å²) >= 11 is 1.57. The van der Waals surface area contributed by atoms with Crippen molar-refractivity contribution in [3.8, 4) is 0 Å². The molecule has 0 aliphatic carbocycles. The Bertz CT molecular complexity index is 1050. The molecule has 1 amide bonds. The number of aromatic nitrogens is 3. The van der Waals surface area contributed by atoms with Gasteiger partial charge in [0.2, 0.25) is 0 Å². The predicted molar refractivity (Wildman–Crippen MR) is 108 cm³/mol. The maximum absolute atomic E-state index is 12.9. The van der Waals surface area contributed by atoms with Crippen LogP contribution in [0, 0.1) is 6.92 Å². The van der Waals surface area contributed by atoms with Crippen LogP contribution in [0.15, 0.2) is 66.4 Å². The number of carbonyl (C=O) groups is 1. The Labute approximate surface area is 161 Å². The molecule has 5 nitrogen and oxygen atoms in total. The van der Waals surface area contributed by atoms with Crippen molar-refractivity contribution in [2.75, 3.05) is 0 Å². The van der Waals surface area contributed by atoms with E-state index in [0.29, 0.717) is 5.56 Å². The first-order valence-corrected chi connectivity index (χ1v) is 9.75. The van der Waals surface area contributed by atoms with Crippen LogP contribution in [-0.2, 0) is 6.54 Å². The molecule has 0 unspecified atom stereocenters. The number of imidazole rings is 1. The number of thiazole rings is 1. The summed E-state index contributed by atoms with van der Waals surface area (Å²) in [6.07, 6.45) is 4.55. The number of fused-ring (bicyclic) bond motifs is 1. The lowest BCUT2D eigenvalue weighted by Gasteiger charge is -2.20. The highest BCUT2D eigenvalue weighted by atomic mass is 32.1. The van der Waals surface area contributed by atoms with Crippen LogP contribution in [0.25, 0.3) is 10.2 Å². The highest BCUT2D eigenvalue weighted by Crippen LogP contribution is 2.21. The molecule has 2 heterocycles. The van der Waals surface area contributed by atoms with E-state index in [2.05, 4.69) is 32.0 Å². The van der Waals surface area contributed by atoms with Gasteiger partial charge in [0.25, 0.3) is 5.91 Å². The second-order valence-corrected chi connectivity index (χ2v) is 7.31. The van der Waals surface area contributed by atoms with Crippen molar-refractivity contribution in [1.29, 1.82) is 0 Å². The molecule has 0 spiro atoms. The second-order valence-electron chi connectivity index (χ2n) is 6.43. The summed E-state index contributed by atoms with van der Waals surface area (Å²) < 4.78 is 3.19. The maximum Gasteiger partial charge on any atom is 0.251 e. The molecule has 4 rings (SSSR count). The Morgan fingerprint density at radius 1 is 1.19 bits per heavy atom. The zero-order chi connectivity index (χ0) is 18.6. The molecule has 1 atom stereocenters. The van der Waals surface area contributed by atoms with Crippen molar-refractivity contribution >= 4 is 27.5 Å². The molecule has 0 aliphatic rings. The Hall–Kier alpha value is -2.99. The van der Waals surface area contributed by atoms with Gasteiger partial charge in [-0.15, -0.1) is 11.3 Å². The van der Waals surface area contributed by atoms with E-state index in [1.165, 1.54) is 0 Å². The number of amides is 1. The third-order valence-corrected chi connectivity index (χ3v) is 5.49. The molecule has 6 heteroatoms. The van der Waals surface area contributed by atoms with E-state index in [1.807, 2.05) is 49.5 Å². The zero-order valence-electron chi connectivity index (χ0n) is 15.0. The SMILES string of the molecule is Cc1nccn1CC[C@H](NC(=O)c1ccc2scnc2c1)c1ccccc1. The number of nitrogens with one attached hydrogen (secondary N) is 1. The number of hydrogen-bond donors (Lipinski definition) is 1. The van der Waals surface area contributed by atoms with E-state index >= 15 is 0 Å². The molecule has 4 aromatic rings. The molecular formula is C21H20N4OS. The normalized spacial score (nSPS) is 12.2. The van der Waals surface area contributed by atoms with Crippen LogP contribution >= 0.6 is 11.3 Å². The van der Waals surface area contributed by atoms with Gasteiger partial charge in [-0.05, 0) is 37.1 Å². The minimum atomic E-state index is -0.0823. The van der Waals surface area contributed by atoms with Crippen LogP contribution in [0.2, 0.25) is 0 Å². The van der Waals surface area contributed by atoms with Crippen LogP contribution in [0.4, 0.5) is 0 Å². The number of carbonyl (C=O) groups excluding carboxylic acids is 1. The lowest BCUT2D eigenvalue weighted by Crippen LogP contribution is -2.29. The molecular weight excluding hydrogens is 356 g/mol. The molecule has 2 aromatic carbocycles. The van der Waals surface area contributed by atoms with E-state index in [1.54, 1.807) is 23.0 Å². The lowest BCUT2D eigenvalue weighted by molar-refractivity contribution is 0.0933. The zero-order valence-corrected chi connectivity index (χ0v) is 15.8. The minimum absolute atomic E-state index is 0.0772. The van der Waals surface area contributed by atoms with Crippen LogP contribution in [0.1, 0.15) is 34.2 Å². The fourth-order valence-electron chi connectivity index (χ4n) is 3.16. The monoisotopic (exact) mass is 376 g/mol. The van der Waals surface area contributed by atoms with Crippen LogP contribution < -0.4 is 5.32 Å². The van der Waals surface area contributed by atoms with Gasteiger partial charge in [0, 0.05) is 24.5 Å². The van der Waals surface area contributed by atoms with Crippen molar-refractivity contribution in [2.45, 2.75) is 25.9 Å². The average Bonchev–Trinajstić information content (AvgIpc) is 3.33. The van der Waals surface area contributed by atoms with E-state index < -0.39 is 0 Å². The van der Waals surface area contributed by atoms with Gasteiger partial charge in [0.05, 0.1) is 21.8 Å². The first-order chi connectivity index (χ1) is 13.2. The number of benzene rings is 2. The minimum Gasteiger partial charge on any atom is -0.345 e. The molecule has 0 bridgehead atoms. The first-order valence-electron chi connectivity index (χ1n) is 8.87. The van der Waals surface area contributed by atoms with Gasteiger partial charge < -0.3 is 9.88 Å². The predicted octanol–water partition coefficient (Wildman–Crippen LogP) is 4.36. The molecule has 0 saturated heterocycles. The van der Waals surface area contributed by atoms with Crippen LogP contribution in [0.5, 0.6) is 0 Å². The molecule has 0 saturated carbocycles. The van der Waals surface area contributed by atoms with Crippen molar-refractivity contribution in [2.24, 2.45) is 0 Å². The van der Waals surface area contributed by atoms with Gasteiger partial charge >= 0.3 is 0 Å². The first kappa shape index (κ1) is 17.4. The summed E-state index contributed by atoms with van der Waals surface area (Å²) in [4.78, 5) is 21.4. The summed E-state index contributed by atoms with van der Waals surface area (Å²) in [5.74, 6) is 0.892. The van der Waals surface area contributed by atoms with Gasteiger partial charge in [-0.25, -0.2) is 9.97 Å². The van der Waals surface area contributed by atoms with E-state index in [4.69, 9.17) is 0 Å². The molecule has 0 radical (unpaired) electrons. The summed E-state index contributed by atoms with van der Waals surface area (Å²) in [6.45, 7) is 2.77. The Kier molecular flexibility index (Phi) is 4.98. The highest BCUT2D eigenvalue weighted by molar-refractivity contribution is 7.16. The van der Waals surface area contributed by atoms with Gasteiger partial charge in [-0.2, -0.15) is 0 Å². The van der Waals surface area contributed by atoms with Crippen molar-refractivity contribution in [1.82, 2.24) is 19.9 Å².